The number of fused-ring (bicyclic) bond motifs is 1. The van der Waals surface area contributed by atoms with Crippen molar-refractivity contribution in [3.05, 3.63) is 29.6 Å². The van der Waals surface area contributed by atoms with Gasteiger partial charge in [0.05, 0.1) is 17.4 Å². The zero-order valence-corrected chi connectivity index (χ0v) is 10.9. The molecule has 0 radical (unpaired) electrons. The van der Waals surface area contributed by atoms with Crippen LogP contribution < -0.4 is 5.73 Å². The Hall–Kier alpha value is -1.35. The van der Waals surface area contributed by atoms with Crippen molar-refractivity contribution < 1.29 is 0 Å². The van der Waals surface area contributed by atoms with Crippen LogP contribution in [0.1, 0.15) is 36.9 Å². The van der Waals surface area contributed by atoms with Crippen LogP contribution in [-0.4, -0.2) is 16.1 Å². The lowest BCUT2D eigenvalue weighted by Gasteiger charge is -2.16. The van der Waals surface area contributed by atoms with E-state index >= 15 is 0 Å². The second kappa shape index (κ2) is 4.88. The van der Waals surface area contributed by atoms with E-state index in [2.05, 4.69) is 42.5 Å². The number of hydrogen-bond donors (Lipinski definition) is 1. The minimum Gasteiger partial charge on any atom is -0.328 e. The molecular weight excluding hydrogens is 210 g/mol. The number of aromatic nitrogens is 2. The highest BCUT2D eigenvalue weighted by Crippen LogP contribution is 2.23. The van der Waals surface area contributed by atoms with Gasteiger partial charge >= 0.3 is 0 Å². The fourth-order valence-electron chi connectivity index (χ4n) is 2.28. The summed E-state index contributed by atoms with van der Waals surface area (Å²) in [4.78, 5) is 4.48. The number of imidazole rings is 1. The molecule has 3 heteroatoms. The van der Waals surface area contributed by atoms with Crippen molar-refractivity contribution in [1.29, 1.82) is 0 Å². The van der Waals surface area contributed by atoms with Crippen LogP contribution in [0.3, 0.4) is 0 Å². The molecule has 2 N–H and O–H groups in total. The van der Waals surface area contributed by atoms with E-state index in [1.165, 1.54) is 16.6 Å². The SMILES string of the molecule is CCCC(CN)n1cnc2cc(C)c(C)cc21. The van der Waals surface area contributed by atoms with Gasteiger partial charge in [0.15, 0.2) is 0 Å². The van der Waals surface area contributed by atoms with Crippen LogP contribution in [0, 0.1) is 13.8 Å². The van der Waals surface area contributed by atoms with Gasteiger partial charge in [-0.15, -0.1) is 0 Å². The lowest BCUT2D eigenvalue weighted by atomic mass is 10.1. The van der Waals surface area contributed by atoms with E-state index in [9.17, 15) is 0 Å². The quantitative estimate of drug-likeness (QED) is 0.879. The highest BCUT2D eigenvalue weighted by molar-refractivity contribution is 5.77. The van der Waals surface area contributed by atoms with Crippen molar-refractivity contribution in [2.45, 2.75) is 39.7 Å². The maximum Gasteiger partial charge on any atom is 0.0961 e. The Morgan fingerprint density at radius 3 is 2.65 bits per heavy atom. The van der Waals surface area contributed by atoms with Crippen LogP contribution in [0.15, 0.2) is 18.5 Å². The molecule has 0 spiro atoms. The minimum atomic E-state index is 0.368. The third-order valence-electron chi connectivity index (χ3n) is 3.48. The van der Waals surface area contributed by atoms with Gasteiger partial charge in [-0.05, 0) is 43.5 Å². The molecule has 1 heterocycles. The summed E-state index contributed by atoms with van der Waals surface area (Å²) in [5.74, 6) is 0. The number of benzene rings is 1. The highest BCUT2D eigenvalue weighted by Gasteiger charge is 2.12. The first-order valence-electron chi connectivity index (χ1n) is 6.31. The van der Waals surface area contributed by atoms with Crippen LogP contribution in [-0.2, 0) is 0 Å². The molecule has 1 unspecified atom stereocenters. The summed E-state index contributed by atoms with van der Waals surface area (Å²) in [6.45, 7) is 7.13. The molecule has 2 aromatic rings. The summed E-state index contributed by atoms with van der Waals surface area (Å²) in [6, 6.07) is 4.74. The Labute approximate surface area is 103 Å². The summed E-state index contributed by atoms with van der Waals surface area (Å²) in [5, 5.41) is 0. The maximum atomic E-state index is 5.86. The maximum absolute atomic E-state index is 5.86. The fourth-order valence-corrected chi connectivity index (χ4v) is 2.28. The number of nitrogens with zero attached hydrogens (tertiary/aromatic N) is 2. The Morgan fingerprint density at radius 1 is 1.29 bits per heavy atom. The number of hydrogen-bond acceptors (Lipinski definition) is 2. The topological polar surface area (TPSA) is 43.8 Å². The normalized spacial score (nSPS) is 13.2. The van der Waals surface area contributed by atoms with E-state index < -0.39 is 0 Å². The van der Waals surface area contributed by atoms with Gasteiger partial charge in [-0.25, -0.2) is 4.98 Å². The lowest BCUT2D eigenvalue weighted by molar-refractivity contribution is 0.481. The molecule has 0 aliphatic heterocycles. The van der Waals surface area contributed by atoms with Crippen LogP contribution in [0.4, 0.5) is 0 Å². The third kappa shape index (κ3) is 2.20. The first kappa shape index (κ1) is 12.1. The number of aryl methyl sites for hydroxylation is 2. The van der Waals surface area contributed by atoms with Gasteiger partial charge in [0.25, 0.3) is 0 Å². The van der Waals surface area contributed by atoms with Crippen molar-refractivity contribution in [3.8, 4) is 0 Å². The molecule has 0 amide bonds. The van der Waals surface area contributed by atoms with Crippen LogP contribution in [0.2, 0.25) is 0 Å². The largest absolute Gasteiger partial charge is 0.328 e. The van der Waals surface area contributed by atoms with Crippen LogP contribution in [0.5, 0.6) is 0 Å². The second-order valence-electron chi connectivity index (χ2n) is 4.76. The first-order valence-corrected chi connectivity index (χ1v) is 6.31. The molecule has 0 bridgehead atoms. The molecule has 3 nitrogen and oxygen atoms in total. The molecule has 1 aromatic carbocycles. The third-order valence-corrected chi connectivity index (χ3v) is 3.48. The fraction of sp³-hybridized carbons (Fsp3) is 0.500. The Balaban J connectivity index is 2.51. The lowest BCUT2D eigenvalue weighted by Crippen LogP contribution is -2.18. The Morgan fingerprint density at radius 2 is 2.00 bits per heavy atom. The van der Waals surface area contributed by atoms with Crippen LogP contribution >= 0.6 is 0 Å². The first-order chi connectivity index (χ1) is 8.17. The predicted octanol–water partition coefficient (Wildman–Crippen LogP) is 2.95. The minimum absolute atomic E-state index is 0.368. The average Bonchev–Trinajstić information content (AvgIpc) is 2.70. The van der Waals surface area contributed by atoms with Crippen molar-refractivity contribution >= 4 is 11.0 Å². The zero-order valence-electron chi connectivity index (χ0n) is 10.9. The van der Waals surface area contributed by atoms with Gasteiger partial charge in [-0.2, -0.15) is 0 Å². The number of rotatable bonds is 4. The second-order valence-corrected chi connectivity index (χ2v) is 4.76. The smallest absolute Gasteiger partial charge is 0.0961 e. The summed E-state index contributed by atoms with van der Waals surface area (Å²) >= 11 is 0. The van der Waals surface area contributed by atoms with Crippen molar-refractivity contribution in [2.75, 3.05) is 6.54 Å². The van der Waals surface area contributed by atoms with Crippen molar-refractivity contribution in [2.24, 2.45) is 5.73 Å². The molecule has 1 aromatic heterocycles. The van der Waals surface area contributed by atoms with E-state index in [-0.39, 0.29) is 0 Å². The zero-order chi connectivity index (χ0) is 12.4. The molecule has 0 fully saturated rings. The van der Waals surface area contributed by atoms with E-state index in [1.807, 2.05) is 6.33 Å². The Kier molecular flexibility index (Phi) is 3.48. The monoisotopic (exact) mass is 231 g/mol. The summed E-state index contributed by atoms with van der Waals surface area (Å²) in [5.41, 5.74) is 10.7. The summed E-state index contributed by atoms with van der Waals surface area (Å²) in [6.07, 6.45) is 4.18. The van der Waals surface area contributed by atoms with Crippen LogP contribution in [0.25, 0.3) is 11.0 Å². The van der Waals surface area contributed by atoms with E-state index in [4.69, 9.17) is 5.73 Å². The summed E-state index contributed by atoms with van der Waals surface area (Å²) in [7, 11) is 0. The van der Waals surface area contributed by atoms with Crippen molar-refractivity contribution in [1.82, 2.24) is 9.55 Å². The summed E-state index contributed by atoms with van der Waals surface area (Å²) < 4.78 is 2.23. The van der Waals surface area contributed by atoms with Gasteiger partial charge < -0.3 is 10.3 Å². The predicted molar refractivity (Wildman–Crippen MR) is 72.2 cm³/mol. The molecule has 0 saturated heterocycles. The molecule has 0 saturated carbocycles. The molecule has 0 aliphatic carbocycles. The van der Waals surface area contributed by atoms with Crippen molar-refractivity contribution in [3.63, 3.8) is 0 Å². The molecule has 17 heavy (non-hydrogen) atoms. The van der Waals surface area contributed by atoms with E-state index in [0.717, 1.165) is 18.4 Å². The Bertz CT molecular complexity index is 513. The highest BCUT2D eigenvalue weighted by atomic mass is 15.1. The molecule has 0 aliphatic rings. The average molecular weight is 231 g/mol. The molecular formula is C14H21N3. The van der Waals surface area contributed by atoms with Gasteiger partial charge in [-0.3, -0.25) is 0 Å². The molecule has 2 rings (SSSR count). The standard InChI is InChI=1S/C14H21N3/c1-4-5-12(8-15)17-9-16-13-6-10(2)11(3)7-14(13)17/h6-7,9,12H,4-5,8,15H2,1-3H3. The van der Waals surface area contributed by atoms with Gasteiger partial charge in [0, 0.05) is 12.6 Å². The van der Waals surface area contributed by atoms with Gasteiger partial charge in [-0.1, -0.05) is 13.3 Å². The van der Waals surface area contributed by atoms with E-state index in [0.29, 0.717) is 12.6 Å². The molecule has 1 atom stereocenters. The van der Waals surface area contributed by atoms with Gasteiger partial charge in [0.2, 0.25) is 0 Å². The van der Waals surface area contributed by atoms with Gasteiger partial charge in [0.1, 0.15) is 0 Å². The molecule has 92 valence electrons. The van der Waals surface area contributed by atoms with E-state index in [1.54, 1.807) is 0 Å². The number of nitrogens with two attached hydrogens (primary N) is 1.